The highest BCUT2D eigenvalue weighted by Crippen LogP contribution is 2.35. The molecular formula is C14H12N2O4. The van der Waals surface area contributed by atoms with Gasteiger partial charge in [0.25, 0.3) is 0 Å². The van der Waals surface area contributed by atoms with Crippen LogP contribution in [0.3, 0.4) is 0 Å². The number of carbonyl (C=O) groups is 4. The molecule has 20 heavy (non-hydrogen) atoms. The molecule has 0 spiro atoms. The normalized spacial score (nSPS) is 19.4. The van der Waals surface area contributed by atoms with Crippen LogP contribution in [0.1, 0.15) is 25.7 Å². The maximum Gasteiger partial charge on any atom is 0.234 e. The standard InChI is InChI=1S/C14H12N2O4/c17-11-5-6-12(18)15(11)9-3-1-2-4-10(9)16-13(19)7-8-14(16)20/h1-4H,5-8H2. The predicted octanol–water partition coefficient (Wildman–Crippen LogP) is 0.993. The molecule has 6 heteroatoms. The van der Waals surface area contributed by atoms with Crippen LogP contribution in [0.4, 0.5) is 11.4 Å². The molecule has 102 valence electrons. The Labute approximate surface area is 115 Å². The zero-order valence-electron chi connectivity index (χ0n) is 10.7. The number of carbonyl (C=O) groups excluding carboxylic acids is 4. The van der Waals surface area contributed by atoms with Gasteiger partial charge in [0.1, 0.15) is 0 Å². The van der Waals surface area contributed by atoms with Crippen molar-refractivity contribution in [2.75, 3.05) is 9.80 Å². The van der Waals surface area contributed by atoms with E-state index in [2.05, 4.69) is 0 Å². The van der Waals surface area contributed by atoms with Gasteiger partial charge in [-0.2, -0.15) is 0 Å². The van der Waals surface area contributed by atoms with Crippen LogP contribution in [0.15, 0.2) is 24.3 Å². The highest BCUT2D eigenvalue weighted by Gasteiger charge is 2.37. The first-order valence-electron chi connectivity index (χ1n) is 6.40. The molecule has 2 saturated heterocycles. The molecule has 3 rings (SSSR count). The summed E-state index contributed by atoms with van der Waals surface area (Å²) in [4.78, 5) is 49.5. The van der Waals surface area contributed by atoms with Crippen LogP contribution in [0, 0.1) is 0 Å². The molecule has 2 aliphatic heterocycles. The van der Waals surface area contributed by atoms with Gasteiger partial charge in [0, 0.05) is 25.7 Å². The van der Waals surface area contributed by atoms with E-state index in [0.29, 0.717) is 11.4 Å². The lowest BCUT2D eigenvalue weighted by Gasteiger charge is -2.22. The van der Waals surface area contributed by atoms with Gasteiger partial charge < -0.3 is 0 Å². The van der Waals surface area contributed by atoms with Crippen LogP contribution in [0.25, 0.3) is 0 Å². The molecule has 6 nitrogen and oxygen atoms in total. The third kappa shape index (κ3) is 1.80. The average molecular weight is 272 g/mol. The molecule has 0 saturated carbocycles. The summed E-state index contributed by atoms with van der Waals surface area (Å²) < 4.78 is 0. The monoisotopic (exact) mass is 272 g/mol. The summed E-state index contributed by atoms with van der Waals surface area (Å²) in [5, 5.41) is 0. The molecule has 0 N–H and O–H groups in total. The maximum atomic E-state index is 11.8. The Morgan fingerprint density at radius 1 is 0.600 bits per heavy atom. The van der Waals surface area contributed by atoms with Crippen molar-refractivity contribution < 1.29 is 19.2 Å². The number of hydrogen-bond donors (Lipinski definition) is 0. The summed E-state index contributed by atoms with van der Waals surface area (Å²) in [5.74, 6) is -1.22. The molecule has 1 aromatic rings. The highest BCUT2D eigenvalue weighted by molar-refractivity contribution is 6.26. The Bertz CT molecular complexity index is 551. The van der Waals surface area contributed by atoms with Crippen molar-refractivity contribution in [1.29, 1.82) is 0 Å². The van der Waals surface area contributed by atoms with Crippen molar-refractivity contribution >= 4 is 35.0 Å². The van der Waals surface area contributed by atoms with Crippen LogP contribution >= 0.6 is 0 Å². The van der Waals surface area contributed by atoms with Crippen molar-refractivity contribution in [3.8, 4) is 0 Å². The minimum Gasteiger partial charge on any atom is -0.274 e. The lowest BCUT2D eigenvalue weighted by atomic mass is 10.2. The SMILES string of the molecule is O=C1CCC(=O)N1c1ccccc1N1C(=O)CCC1=O. The first kappa shape index (κ1) is 12.5. The third-order valence-electron chi connectivity index (χ3n) is 3.47. The number of imide groups is 2. The second kappa shape index (κ2) is 4.56. The van der Waals surface area contributed by atoms with Crippen molar-refractivity contribution in [2.45, 2.75) is 25.7 Å². The van der Waals surface area contributed by atoms with Crippen molar-refractivity contribution in [3.63, 3.8) is 0 Å². The number of hydrogen-bond acceptors (Lipinski definition) is 4. The molecule has 0 aromatic heterocycles. The Morgan fingerprint density at radius 3 is 1.20 bits per heavy atom. The predicted molar refractivity (Wildman–Crippen MR) is 69.9 cm³/mol. The van der Waals surface area contributed by atoms with Gasteiger partial charge in [-0.15, -0.1) is 0 Å². The van der Waals surface area contributed by atoms with E-state index in [-0.39, 0.29) is 49.3 Å². The van der Waals surface area contributed by atoms with E-state index < -0.39 is 0 Å². The molecule has 4 amide bonds. The summed E-state index contributed by atoms with van der Waals surface area (Å²) in [6.07, 6.45) is 0.647. The zero-order valence-corrected chi connectivity index (χ0v) is 10.7. The highest BCUT2D eigenvalue weighted by atomic mass is 16.2. The number of amides is 4. The minimum atomic E-state index is -0.304. The second-order valence-corrected chi connectivity index (χ2v) is 4.73. The van der Waals surface area contributed by atoms with Gasteiger partial charge in [0.05, 0.1) is 11.4 Å². The molecule has 0 aliphatic carbocycles. The Hall–Kier alpha value is -2.50. The van der Waals surface area contributed by atoms with Crippen molar-refractivity contribution in [1.82, 2.24) is 0 Å². The third-order valence-corrected chi connectivity index (χ3v) is 3.47. The van der Waals surface area contributed by atoms with Crippen LogP contribution in [-0.4, -0.2) is 23.6 Å². The van der Waals surface area contributed by atoms with Crippen LogP contribution in [0.2, 0.25) is 0 Å². The lowest BCUT2D eigenvalue weighted by Crippen LogP contribution is -2.34. The van der Waals surface area contributed by atoms with Crippen molar-refractivity contribution in [2.24, 2.45) is 0 Å². The van der Waals surface area contributed by atoms with E-state index in [1.807, 2.05) is 0 Å². The summed E-state index contributed by atoms with van der Waals surface area (Å²) in [6, 6.07) is 6.50. The molecule has 2 heterocycles. The molecule has 0 unspecified atom stereocenters. The molecular weight excluding hydrogens is 260 g/mol. The number of nitrogens with zero attached hydrogens (tertiary/aromatic N) is 2. The lowest BCUT2D eigenvalue weighted by molar-refractivity contribution is -0.123. The van der Waals surface area contributed by atoms with Crippen LogP contribution in [0.5, 0.6) is 0 Å². The molecule has 0 atom stereocenters. The summed E-state index contributed by atoms with van der Waals surface area (Å²) in [5.41, 5.74) is 0.618. The van der Waals surface area contributed by atoms with Gasteiger partial charge in [0.15, 0.2) is 0 Å². The fraction of sp³-hybridized carbons (Fsp3) is 0.286. The zero-order chi connectivity index (χ0) is 14.3. The maximum absolute atomic E-state index is 11.8. The molecule has 2 fully saturated rings. The number of anilines is 2. The fourth-order valence-corrected chi connectivity index (χ4v) is 2.53. The van der Waals surface area contributed by atoms with E-state index in [4.69, 9.17) is 0 Å². The van der Waals surface area contributed by atoms with Gasteiger partial charge in [-0.3, -0.25) is 19.2 Å². The molecule has 0 bridgehead atoms. The fourth-order valence-electron chi connectivity index (χ4n) is 2.53. The van der Waals surface area contributed by atoms with Crippen LogP contribution in [-0.2, 0) is 19.2 Å². The van der Waals surface area contributed by atoms with E-state index >= 15 is 0 Å². The largest absolute Gasteiger partial charge is 0.274 e. The number of para-hydroxylation sites is 2. The van der Waals surface area contributed by atoms with Gasteiger partial charge in [-0.1, -0.05) is 12.1 Å². The second-order valence-electron chi connectivity index (χ2n) is 4.73. The van der Waals surface area contributed by atoms with E-state index in [1.54, 1.807) is 24.3 Å². The topological polar surface area (TPSA) is 74.8 Å². The minimum absolute atomic E-state index is 0.162. The van der Waals surface area contributed by atoms with Gasteiger partial charge in [-0.25, -0.2) is 9.80 Å². The van der Waals surface area contributed by atoms with E-state index in [9.17, 15) is 19.2 Å². The van der Waals surface area contributed by atoms with Gasteiger partial charge in [-0.05, 0) is 12.1 Å². The smallest absolute Gasteiger partial charge is 0.234 e. The number of benzene rings is 1. The van der Waals surface area contributed by atoms with E-state index in [0.717, 1.165) is 9.80 Å². The first-order valence-corrected chi connectivity index (χ1v) is 6.40. The van der Waals surface area contributed by atoms with E-state index in [1.165, 1.54) is 0 Å². The molecule has 2 aliphatic rings. The molecule has 0 radical (unpaired) electrons. The number of rotatable bonds is 2. The van der Waals surface area contributed by atoms with Gasteiger partial charge >= 0.3 is 0 Å². The van der Waals surface area contributed by atoms with Crippen LogP contribution < -0.4 is 9.80 Å². The Balaban J connectivity index is 2.09. The van der Waals surface area contributed by atoms with Gasteiger partial charge in [0.2, 0.25) is 23.6 Å². The Kier molecular flexibility index (Phi) is 2.85. The molecule has 1 aromatic carbocycles. The summed E-state index contributed by atoms with van der Waals surface area (Å²) >= 11 is 0. The quantitative estimate of drug-likeness (QED) is 0.752. The Morgan fingerprint density at radius 2 is 0.900 bits per heavy atom. The summed E-state index contributed by atoms with van der Waals surface area (Å²) in [6.45, 7) is 0. The van der Waals surface area contributed by atoms with Crippen molar-refractivity contribution in [3.05, 3.63) is 24.3 Å². The first-order chi connectivity index (χ1) is 9.59. The average Bonchev–Trinajstić information content (AvgIpc) is 2.93. The summed E-state index contributed by atoms with van der Waals surface area (Å²) in [7, 11) is 0.